The van der Waals surface area contributed by atoms with E-state index in [0.29, 0.717) is 19.3 Å². The molecule has 0 aliphatic rings. The number of hydrogen-bond acceptors (Lipinski definition) is 10. The summed E-state index contributed by atoms with van der Waals surface area (Å²) in [5, 5.41) is 9.76. The van der Waals surface area contributed by atoms with Crippen LogP contribution in [0.4, 0.5) is 0 Å². The SMILES string of the molecule is CC/C=C\C/C=C\C/C=C\CCCCCCCCCC(=O)OC(COC(=O)CCCCCCCCCCC)COP(=O)(O)OCC(CO)OC(=O)CCCCC/C=C\C/C=C\C/C=C\CC. The van der Waals surface area contributed by atoms with Gasteiger partial charge < -0.3 is 24.2 Å². The first-order valence-corrected chi connectivity index (χ1v) is 27.3. The average molecular weight is 949 g/mol. The molecule has 0 heterocycles. The molecule has 3 unspecified atom stereocenters. The Bertz CT molecular complexity index is 1390. The van der Waals surface area contributed by atoms with Crippen LogP contribution < -0.4 is 0 Å². The maximum absolute atomic E-state index is 12.8. The highest BCUT2D eigenvalue weighted by Gasteiger charge is 2.28. The van der Waals surface area contributed by atoms with E-state index in [1.54, 1.807) is 0 Å². The second kappa shape index (κ2) is 48.4. The third kappa shape index (κ3) is 46.0. The monoisotopic (exact) mass is 949 g/mol. The highest BCUT2D eigenvalue weighted by Crippen LogP contribution is 2.43. The number of esters is 3. The molecular formula is C54H93O11P. The largest absolute Gasteiger partial charge is 0.472 e. The third-order valence-electron chi connectivity index (χ3n) is 10.6. The van der Waals surface area contributed by atoms with Crippen LogP contribution in [0.25, 0.3) is 0 Å². The van der Waals surface area contributed by atoms with Crippen LogP contribution >= 0.6 is 7.82 Å². The maximum atomic E-state index is 12.8. The average Bonchev–Trinajstić information content (AvgIpc) is 3.30. The van der Waals surface area contributed by atoms with E-state index < -0.39 is 57.8 Å². The van der Waals surface area contributed by atoms with E-state index in [4.69, 9.17) is 23.3 Å². The van der Waals surface area contributed by atoms with Gasteiger partial charge in [0, 0.05) is 19.3 Å². The summed E-state index contributed by atoms with van der Waals surface area (Å²) in [6.45, 7) is 4.33. The summed E-state index contributed by atoms with van der Waals surface area (Å²) in [6.07, 6.45) is 51.7. The molecule has 0 aromatic heterocycles. The zero-order valence-electron chi connectivity index (χ0n) is 41.6. The number of carbonyl (C=O) groups is 3. The zero-order chi connectivity index (χ0) is 48.4. The molecule has 66 heavy (non-hydrogen) atoms. The number of hydrogen-bond donors (Lipinski definition) is 2. The predicted molar refractivity (Wildman–Crippen MR) is 270 cm³/mol. The smallest absolute Gasteiger partial charge is 0.462 e. The van der Waals surface area contributed by atoms with Crippen molar-refractivity contribution in [3.63, 3.8) is 0 Å². The van der Waals surface area contributed by atoms with E-state index >= 15 is 0 Å². The number of aliphatic hydroxyl groups excluding tert-OH is 1. The van der Waals surface area contributed by atoms with Gasteiger partial charge in [0.15, 0.2) is 6.10 Å². The number of phosphoric acid groups is 1. The first kappa shape index (κ1) is 62.9. The number of allylic oxidation sites excluding steroid dienone is 12. The maximum Gasteiger partial charge on any atom is 0.472 e. The molecule has 0 spiro atoms. The van der Waals surface area contributed by atoms with Gasteiger partial charge in [0.1, 0.15) is 12.7 Å². The van der Waals surface area contributed by atoms with E-state index in [1.807, 2.05) is 0 Å². The van der Waals surface area contributed by atoms with Crippen LogP contribution in [0.2, 0.25) is 0 Å². The Morgan fingerprint density at radius 3 is 1.23 bits per heavy atom. The molecule has 0 saturated heterocycles. The molecule has 0 fully saturated rings. The van der Waals surface area contributed by atoms with Gasteiger partial charge in [-0.1, -0.05) is 184 Å². The summed E-state index contributed by atoms with van der Waals surface area (Å²) >= 11 is 0. The van der Waals surface area contributed by atoms with Gasteiger partial charge in [0.25, 0.3) is 0 Å². The van der Waals surface area contributed by atoms with Crippen molar-refractivity contribution < 1.29 is 52.2 Å². The quantitative estimate of drug-likeness (QED) is 0.0197. The fourth-order valence-electron chi connectivity index (χ4n) is 6.74. The summed E-state index contributed by atoms with van der Waals surface area (Å²) < 4.78 is 39.3. The number of unbranched alkanes of at least 4 members (excludes halogenated alkanes) is 18. The minimum Gasteiger partial charge on any atom is -0.462 e. The highest BCUT2D eigenvalue weighted by atomic mass is 31.2. The van der Waals surface area contributed by atoms with Crippen LogP contribution in [0.5, 0.6) is 0 Å². The minimum atomic E-state index is -4.75. The Kier molecular flexibility index (Phi) is 46.1. The summed E-state index contributed by atoms with van der Waals surface area (Å²) in [5.74, 6) is -1.51. The Morgan fingerprint density at radius 2 is 0.788 bits per heavy atom. The number of phosphoric ester groups is 1. The molecule has 11 nitrogen and oxygen atoms in total. The van der Waals surface area contributed by atoms with Crippen LogP contribution in [-0.4, -0.2) is 66.5 Å². The summed E-state index contributed by atoms with van der Waals surface area (Å²) in [7, 11) is -4.75. The van der Waals surface area contributed by atoms with Gasteiger partial charge in [0.05, 0.1) is 19.8 Å². The molecule has 0 aromatic rings. The van der Waals surface area contributed by atoms with E-state index in [9.17, 15) is 28.9 Å². The van der Waals surface area contributed by atoms with Gasteiger partial charge in [-0.15, -0.1) is 0 Å². The van der Waals surface area contributed by atoms with Crippen molar-refractivity contribution in [2.75, 3.05) is 26.4 Å². The fraction of sp³-hybridized carbons (Fsp3) is 0.722. The van der Waals surface area contributed by atoms with Crippen molar-refractivity contribution in [2.45, 2.75) is 226 Å². The Balaban J connectivity index is 4.73. The van der Waals surface area contributed by atoms with Crippen LogP contribution in [0.3, 0.4) is 0 Å². The molecule has 0 rings (SSSR count). The number of carbonyl (C=O) groups excluding carboxylic acids is 3. The molecule has 3 atom stereocenters. The molecule has 0 aromatic carbocycles. The standard InChI is InChI=1S/C54H93O11P/c1-4-7-10-13-16-19-21-23-24-25-26-28-30-33-36-39-42-45-54(58)65-51(47-61-52(56)43-40-37-34-31-18-15-12-9-6-3)49-63-66(59,60)62-48-50(46-55)64-53(57)44-41-38-35-32-29-27-22-20-17-14-11-8-5-2/h7-8,10-11,16-17,19-20,23-24,27,29,50-51,55H,4-6,9,12-15,18,21-22,25-26,28,30-49H2,1-3H3,(H,59,60)/b10-7-,11-8-,19-16-,20-17-,24-23-,29-27-. The molecular weight excluding hydrogens is 856 g/mol. The van der Waals surface area contributed by atoms with E-state index in [0.717, 1.165) is 116 Å². The first-order valence-electron chi connectivity index (χ1n) is 25.8. The molecule has 380 valence electrons. The molecule has 2 N–H and O–H groups in total. The third-order valence-corrected chi connectivity index (χ3v) is 11.6. The van der Waals surface area contributed by atoms with Crippen molar-refractivity contribution in [3.05, 3.63) is 72.9 Å². The van der Waals surface area contributed by atoms with Gasteiger partial charge in [-0.2, -0.15) is 0 Å². The van der Waals surface area contributed by atoms with Crippen LogP contribution in [-0.2, 0) is 42.2 Å². The predicted octanol–water partition coefficient (Wildman–Crippen LogP) is 14.6. The van der Waals surface area contributed by atoms with Gasteiger partial charge in [-0.3, -0.25) is 23.4 Å². The minimum absolute atomic E-state index is 0.140. The van der Waals surface area contributed by atoms with Crippen molar-refractivity contribution in [3.8, 4) is 0 Å². The van der Waals surface area contributed by atoms with Crippen LogP contribution in [0, 0.1) is 0 Å². The zero-order valence-corrected chi connectivity index (χ0v) is 42.5. The lowest BCUT2D eigenvalue weighted by Gasteiger charge is -2.21. The lowest BCUT2D eigenvalue weighted by atomic mass is 10.1. The van der Waals surface area contributed by atoms with E-state index in [1.165, 1.54) is 38.5 Å². The molecule has 12 heteroatoms. The van der Waals surface area contributed by atoms with Crippen molar-refractivity contribution in [1.82, 2.24) is 0 Å². The van der Waals surface area contributed by atoms with Gasteiger partial charge in [-0.25, -0.2) is 4.57 Å². The van der Waals surface area contributed by atoms with Crippen molar-refractivity contribution >= 4 is 25.7 Å². The lowest BCUT2D eigenvalue weighted by molar-refractivity contribution is -0.161. The Morgan fingerprint density at radius 1 is 0.439 bits per heavy atom. The van der Waals surface area contributed by atoms with Gasteiger partial charge in [0.2, 0.25) is 0 Å². The first-order chi connectivity index (χ1) is 32.2. The molecule has 0 bridgehead atoms. The Hall–Kier alpha value is -3.08. The number of ether oxygens (including phenoxy) is 3. The molecule has 0 aliphatic heterocycles. The fourth-order valence-corrected chi connectivity index (χ4v) is 7.52. The van der Waals surface area contributed by atoms with E-state index in [-0.39, 0.29) is 25.9 Å². The summed E-state index contributed by atoms with van der Waals surface area (Å²) in [6, 6.07) is 0. The molecule has 0 radical (unpaired) electrons. The lowest BCUT2D eigenvalue weighted by Crippen LogP contribution is -2.30. The topological polar surface area (TPSA) is 155 Å². The van der Waals surface area contributed by atoms with Crippen LogP contribution in [0.1, 0.15) is 213 Å². The van der Waals surface area contributed by atoms with Gasteiger partial charge in [-0.05, 0) is 83.5 Å². The van der Waals surface area contributed by atoms with Gasteiger partial charge >= 0.3 is 25.7 Å². The summed E-state index contributed by atoms with van der Waals surface area (Å²) in [4.78, 5) is 48.2. The Labute approximate surface area is 401 Å². The number of aliphatic hydroxyl groups is 1. The highest BCUT2D eigenvalue weighted by molar-refractivity contribution is 7.47. The van der Waals surface area contributed by atoms with Crippen molar-refractivity contribution in [2.24, 2.45) is 0 Å². The molecule has 0 saturated carbocycles. The molecule has 0 amide bonds. The number of rotatable bonds is 47. The normalized spacial score (nSPS) is 14.1. The second-order valence-corrected chi connectivity index (χ2v) is 18.4. The van der Waals surface area contributed by atoms with Crippen LogP contribution in [0.15, 0.2) is 72.9 Å². The summed E-state index contributed by atoms with van der Waals surface area (Å²) in [5.41, 5.74) is 0. The second-order valence-electron chi connectivity index (χ2n) is 16.9. The molecule has 0 aliphatic carbocycles. The van der Waals surface area contributed by atoms with E-state index in [2.05, 4.69) is 93.7 Å². The van der Waals surface area contributed by atoms with Crippen molar-refractivity contribution in [1.29, 1.82) is 0 Å².